The maximum atomic E-state index is 5.93. The fourth-order valence-electron chi connectivity index (χ4n) is 5.22. The van der Waals surface area contributed by atoms with Crippen molar-refractivity contribution < 1.29 is 0 Å². The van der Waals surface area contributed by atoms with Gasteiger partial charge in [-0.2, -0.15) is 0 Å². The van der Waals surface area contributed by atoms with Crippen LogP contribution in [0.2, 0.25) is 0 Å². The second kappa shape index (κ2) is 8.94. The van der Waals surface area contributed by atoms with Gasteiger partial charge in [0.15, 0.2) is 5.11 Å². The number of thiocarbonyl (C=S) groups is 1. The highest BCUT2D eigenvalue weighted by atomic mass is 32.1. The van der Waals surface area contributed by atoms with Crippen LogP contribution in [0.1, 0.15) is 55.6 Å². The molecule has 0 unspecified atom stereocenters. The molecule has 1 saturated heterocycles. The molecule has 6 heteroatoms. The van der Waals surface area contributed by atoms with Crippen LogP contribution in [0.5, 0.6) is 0 Å². The Balaban J connectivity index is 1.57. The molecule has 5 nitrogen and oxygen atoms in total. The second-order valence-electron chi connectivity index (χ2n) is 9.04. The highest BCUT2D eigenvalue weighted by molar-refractivity contribution is 7.80. The molecule has 1 saturated carbocycles. The number of anilines is 1. The van der Waals surface area contributed by atoms with Crippen LogP contribution < -0.4 is 10.2 Å². The summed E-state index contributed by atoms with van der Waals surface area (Å²) in [6.45, 7) is 0. The molecular weight excluding hydrogens is 414 g/mol. The smallest absolute Gasteiger partial charge is 0.170 e. The minimum absolute atomic E-state index is 0.0281. The largest absolute Gasteiger partial charge is 0.378 e. The van der Waals surface area contributed by atoms with Crippen molar-refractivity contribution in [2.24, 2.45) is 0 Å². The van der Waals surface area contributed by atoms with E-state index in [1.54, 1.807) is 0 Å². The molecule has 3 heterocycles. The Bertz CT molecular complexity index is 1050. The average Bonchev–Trinajstić information content (AvgIpc) is 3.44. The predicted molar refractivity (Wildman–Crippen MR) is 134 cm³/mol. The second-order valence-corrected chi connectivity index (χ2v) is 9.43. The standard InChI is InChI=1S/C26H31N5S/c1-29(2)19-13-15-20(16-14-19)30-18-8-12-23(30)25-24(22-11-6-7-17-27-22)28-26(32)31(25)21-9-4-3-5-10-21/h6-8,11-18,21,24-25H,3-5,9-10H2,1-2H3,(H,28,32)/t24-,25-/m1/s1. The minimum Gasteiger partial charge on any atom is -0.378 e. The van der Waals surface area contributed by atoms with Crippen molar-refractivity contribution in [1.82, 2.24) is 19.8 Å². The fourth-order valence-corrected chi connectivity index (χ4v) is 5.61. The number of pyridine rings is 1. The minimum atomic E-state index is 0.0281. The maximum absolute atomic E-state index is 5.93. The first-order valence-electron chi connectivity index (χ1n) is 11.6. The zero-order valence-corrected chi connectivity index (χ0v) is 19.6. The Labute approximate surface area is 196 Å². The van der Waals surface area contributed by atoms with Gasteiger partial charge in [0.2, 0.25) is 0 Å². The lowest BCUT2D eigenvalue weighted by atomic mass is 9.92. The summed E-state index contributed by atoms with van der Waals surface area (Å²) in [6.07, 6.45) is 10.3. The first kappa shape index (κ1) is 21.0. The number of aromatic nitrogens is 2. The van der Waals surface area contributed by atoms with Crippen LogP contribution in [0.3, 0.4) is 0 Å². The molecule has 0 radical (unpaired) electrons. The molecule has 5 rings (SSSR count). The molecule has 2 aromatic heterocycles. The summed E-state index contributed by atoms with van der Waals surface area (Å²) in [6, 6.07) is 19.9. The average molecular weight is 446 g/mol. The number of nitrogens with one attached hydrogen (secondary N) is 1. The number of hydrogen-bond donors (Lipinski definition) is 1. The summed E-state index contributed by atoms with van der Waals surface area (Å²) in [7, 11) is 4.14. The van der Waals surface area contributed by atoms with Gasteiger partial charge in [-0.05, 0) is 73.6 Å². The van der Waals surface area contributed by atoms with Gasteiger partial charge in [-0.3, -0.25) is 4.98 Å². The molecular formula is C26H31N5S. The predicted octanol–water partition coefficient (Wildman–Crippen LogP) is 5.24. The topological polar surface area (TPSA) is 36.3 Å². The van der Waals surface area contributed by atoms with Crippen LogP contribution in [-0.2, 0) is 0 Å². The maximum Gasteiger partial charge on any atom is 0.170 e. The van der Waals surface area contributed by atoms with Gasteiger partial charge in [0.25, 0.3) is 0 Å². The lowest BCUT2D eigenvalue weighted by Crippen LogP contribution is -2.40. The van der Waals surface area contributed by atoms with E-state index in [0.29, 0.717) is 6.04 Å². The lowest BCUT2D eigenvalue weighted by Gasteiger charge is -2.37. The molecule has 32 heavy (non-hydrogen) atoms. The summed E-state index contributed by atoms with van der Waals surface area (Å²) in [4.78, 5) is 9.31. The van der Waals surface area contributed by atoms with Gasteiger partial charge in [-0.1, -0.05) is 25.3 Å². The highest BCUT2D eigenvalue weighted by Gasteiger charge is 2.44. The highest BCUT2D eigenvalue weighted by Crippen LogP contribution is 2.43. The molecule has 3 aromatic rings. The SMILES string of the molecule is CN(C)c1ccc(-n2cccc2[C@@H]2[C@@H](c3ccccn3)NC(=S)N2C2CCCCC2)cc1. The van der Waals surface area contributed by atoms with E-state index in [4.69, 9.17) is 17.2 Å². The lowest BCUT2D eigenvalue weighted by molar-refractivity contribution is 0.193. The molecule has 166 valence electrons. The van der Waals surface area contributed by atoms with E-state index in [2.05, 4.69) is 88.5 Å². The van der Waals surface area contributed by atoms with E-state index in [1.807, 2.05) is 12.3 Å². The Morgan fingerprint density at radius 3 is 2.44 bits per heavy atom. The number of hydrogen-bond acceptors (Lipinski definition) is 3. The third kappa shape index (κ3) is 3.88. The van der Waals surface area contributed by atoms with E-state index < -0.39 is 0 Å². The molecule has 2 atom stereocenters. The van der Waals surface area contributed by atoms with Gasteiger partial charge in [-0.25, -0.2) is 0 Å². The van der Waals surface area contributed by atoms with Gasteiger partial charge in [-0.15, -0.1) is 0 Å². The van der Waals surface area contributed by atoms with Crippen molar-refractivity contribution in [3.05, 3.63) is 78.4 Å². The molecule has 2 aliphatic rings. The quantitative estimate of drug-likeness (QED) is 0.543. The van der Waals surface area contributed by atoms with Crippen LogP contribution in [-0.4, -0.2) is 39.7 Å². The molecule has 2 fully saturated rings. The number of benzene rings is 1. The Kier molecular flexibility index (Phi) is 5.87. The normalized spacial score (nSPS) is 21.6. The molecule has 0 bridgehead atoms. The zero-order valence-electron chi connectivity index (χ0n) is 18.8. The van der Waals surface area contributed by atoms with E-state index in [9.17, 15) is 0 Å². The number of rotatable bonds is 5. The first-order valence-corrected chi connectivity index (χ1v) is 12.0. The van der Waals surface area contributed by atoms with E-state index >= 15 is 0 Å². The van der Waals surface area contributed by atoms with Gasteiger partial charge < -0.3 is 19.7 Å². The number of nitrogens with zero attached hydrogens (tertiary/aromatic N) is 4. The van der Waals surface area contributed by atoms with Crippen molar-refractivity contribution >= 4 is 23.0 Å². The van der Waals surface area contributed by atoms with Crippen molar-refractivity contribution in [2.75, 3.05) is 19.0 Å². The van der Waals surface area contributed by atoms with Crippen LogP contribution in [0.15, 0.2) is 67.0 Å². The summed E-state index contributed by atoms with van der Waals surface area (Å²) in [5.41, 5.74) is 4.64. The van der Waals surface area contributed by atoms with E-state index in [1.165, 1.54) is 43.5 Å². The first-order chi connectivity index (χ1) is 15.6. The van der Waals surface area contributed by atoms with Gasteiger partial charge in [0.1, 0.15) is 0 Å². The molecule has 1 aromatic carbocycles. The van der Waals surface area contributed by atoms with Crippen molar-refractivity contribution in [3.63, 3.8) is 0 Å². The fraction of sp³-hybridized carbons (Fsp3) is 0.385. The molecule has 0 amide bonds. The third-order valence-corrected chi connectivity index (χ3v) is 7.16. The Morgan fingerprint density at radius 1 is 0.969 bits per heavy atom. The summed E-state index contributed by atoms with van der Waals surface area (Å²) in [5.74, 6) is 0. The van der Waals surface area contributed by atoms with Crippen molar-refractivity contribution in [1.29, 1.82) is 0 Å². The van der Waals surface area contributed by atoms with Crippen molar-refractivity contribution in [3.8, 4) is 5.69 Å². The third-order valence-electron chi connectivity index (χ3n) is 6.83. The zero-order chi connectivity index (χ0) is 22.1. The van der Waals surface area contributed by atoms with Gasteiger partial charge >= 0.3 is 0 Å². The van der Waals surface area contributed by atoms with Crippen LogP contribution in [0.25, 0.3) is 5.69 Å². The summed E-state index contributed by atoms with van der Waals surface area (Å²) in [5, 5.41) is 4.49. The Hall–Kier alpha value is -2.86. The van der Waals surface area contributed by atoms with E-state index in [0.717, 1.165) is 16.5 Å². The van der Waals surface area contributed by atoms with Crippen LogP contribution in [0, 0.1) is 0 Å². The molecule has 0 spiro atoms. The van der Waals surface area contributed by atoms with Gasteiger partial charge in [0, 0.05) is 49.6 Å². The summed E-state index contributed by atoms with van der Waals surface area (Å²) < 4.78 is 2.31. The van der Waals surface area contributed by atoms with Crippen LogP contribution >= 0.6 is 12.2 Å². The molecule has 1 aliphatic heterocycles. The monoisotopic (exact) mass is 445 g/mol. The Morgan fingerprint density at radius 2 is 1.75 bits per heavy atom. The molecule has 1 aliphatic carbocycles. The van der Waals surface area contributed by atoms with E-state index in [-0.39, 0.29) is 12.1 Å². The van der Waals surface area contributed by atoms with Crippen LogP contribution in [0.4, 0.5) is 5.69 Å². The molecule has 1 N–H and O–H groups in total. The van der Waals surface area contributed by atoms with Crippen molar-refractivity contribution in [2.45, 2.75) is 50.2 Å². The summed E-state index contributed by atoms with van der Waals surface area (Å²) >= 11 is 5.93. The van der Waals surface area contributed by atoms with Gasteiger partial charge in [0.05, 0.1) is 17.8 Å².